The van der Waals surface area contributed by atoms with Gasteiger partial charge in [0.1, 0.15) is 5.82 Å². The minimum atomic E-state index is -0.191. The van der Waals surface area contributed by atoms with Crippen LogP contribution < -0.4 is 5.32 Å². The first-order valence-corrected chi connectivity index (χ1v) is 11.7. The van der Waals surface area contributed by atoms with Crippen LogP contribution in [0.5, 0.6) is 0 Å². The van der Waals surface area contributed by atoms with Gasteiger partial charge >= 0.3 is 0 Å². The van der Waals surface area contributed by atoms with Gasteiger partial charge < -0.3 is 5.32 Å². The monoisotopic (exact) mass is 502 g/mol. The molecule has 0 saturated carbocycles. The third-order valence-corrected chi connectivity index (χ3v) is 6.45. The van der Waals surface area contributed by atoms with Crippen molar-refractivity contribution in [1.82, 2.24) is 14.8 Å². The molecule has 1 heterocycles. The van der Waals surface area contributed by atoms with Gasteiger partial charge in [-0.3, -0.25) is 9.36 Å². The van der Waals surface area contributed by atoms with Crippen LogP contribution in [-0.4, -0.2) is 26.4 Å². The number of amides is 1. The number of halogens is 3. The molecule has 4 rings (SSSR count). The van der Waals surface area contributed by atoms with Gasteiger partial charge in [-0.25, -0.2) is 0 Å². The summed E-state index contributed by atoms with van der Waals surface area (Å²) in [6.07, 6.45) is 0.604. The molecule has 0 aliphatic rings. The number of anilines is 1. The van der Waals surface area contributed by atoms with Crippen molar-refractivity contribution < 1.29 is 4.79 Å². The molecule has 5 nitrogen and oxygen atoms in total. The molecule has 3 aromatic carbocycles. The maximum absolute atomic E-state index is 12.5. The van der Waals surface area contributed by atoms with E-state index >= 15 is 0 Å². The number of nitrogens with one attached hydrogen (secondary N) is 1. The standard InChI is InChI=1S/C23H17Cl3N4OS/c24-16-6-9-18(10-7-16)30-21(12-15-4-2-1-3-5-15)28-29-23(30)32-14-22(31)27-17-8-11-19(25)20(26)13-17/h1-11,13H,12,14H2,(H,27,31). The van der Waals surface area contributed by atoms with Crippen molar-refractivity contribution in [1.29, 1.82) is 0 Å². The van der Waals surface area contributed by atoms with Crippen LogP contribution >= 0.6 is 46.6 Å². The fraction of sp³-hybridized carbons (Fsp3) is 0.0870. The molecule has 1 aromatic heterocycles. The van der Waals surface area contributed by atoms with Gasteiger partial charge in [0, 0.05) is 22.8 Å². The Labute approximate surface area is 204 Å². The number of benzene rings is 3. The average Bonchev–Trinajstić information content (AvgIpc) is 3.18. The third-order valence-electron chi connectivity index (χ3n) is 4.53. The Morgan fingerprint density at radius 2 is 1.66 bits per heavy atom. The zero-order valence-corrected chi connectivity index (χ0v) is 19.7. The summed E-state index contributed by atoms with van der Waals surface area (Å²) in [5, 5.41) is 13.6. The lowest BCUT2D eigenvalue weighted by Crippen LogP contribution is -2.14. The van der Waals surface area contributed by atoms with Crippen molar-refractivity contribution in [2.75, 3.05) is 11.1 Å². The largest absolute Gasteiger partial charge is 0.325 e. The molecule has 0 spiro atoms. The number of aromatic nitrogens is 3. The van der Waals surface area contributed by atoms with Gasteiger partial charge in [-0.1, -0.05) is 76.9 Å². The van der Waals surface area contributed by atoms with E-state index in [1.165, 1.54) is 11.8 Å². The minimum absolute atomic E-state index is 0.150. The van der Waals surface area contributed by atoms with Gasteiger partial charge in [0.2, 0.25) is 5.91 Å². The molecule has 0 saturated heterocycles. The van der Waals surface area contributed by atoms with E-state index in [1.807, 2.05) is 59.2 Å². The van der Waals surface area contributed by atoms with Crippen molar-refractivity contribution in [2.24, 2.45) is 0 Å². The number of hydrogen-bond donors (Lipinski definition) is 1. The Balaban J connectivity index is 1.54. The maximum Gasteiger partial charge on any atom is 0.234 e. The van der Waals surface area contributed by atoms with Crippen molar-refractivity contribution in [3.05, 3.63) is 99.3 Å². The van der Waals surface area contributed by atoms with E-state index in [0.717, 1.165) is 17.1 Å². The summed E-state index contributed by atoms with van der Waals surface area (Å²) in [5.41, 5.74) is 2.57. The van der Waals surface area contributed by atoms with E-state index in [9.17, 15) is 4.79 Å². The molecule has 0 fully saturated rings. The normalized spacial score (nSPS) is 10.8. The number of carbonyl (C=O) groups is 1. The van der Waals surface area contributed by atoms with Gasteiger partial charge in [0.15, 0.2) is 5.16 Å². The molecule has 0 aliphatic heterocycles. The summed E-state index contributed by atoms with van der Waals surface area (Å²) in [4.78, 5) is 12.5. The first kappa shape index (κ1) is 22.7. The third kappa shape index (κ3) is 5.64. The molecular weight excluding hydrogens is 487 g/mol. The number of hydrogen-bond acceptors (Lipinski definition) is 4. The van der Waals surface area contributed by atoms with Crippen LogP contribution in [0.4, 0.5) is 5.69 Å². The number of rotatable bonds is 7. The molecule has 4 aromatic rings. The van der Waals surface area contributed by atoms with Gasteiger partial charge in [0.25, 0.3) is 0 Å². The topological polar surface area (TPSA) is 59.8 Å². The molecule has 0 atom stereocenters. The highest BCUT2D eigenvalue weighted by atomic mass is 35.5. The summed E-state index contributed by atoms with van der Waals surface area (Å²) >= 11 is 19.3. The molecule has 9 heteroatoms. The average molecular weight is 504 g/mol. The van der Waals surface area contributed by atoms with Crippen LogP contribution in [0.15, 0.2) is 78.0 Å². The Kier molecular flexibility index (Phi) is 7.37. The van der Waals surface area contributed by atoms with Crippen molar-refractivity contribution in [2.45, 2.75) is 11.6 Å². The summed E-state index contributed by atoms with van der Waals surface area (Å²) in [7, 11) is 0. The van der Waals surface area contributed by atoms with Crippen LogP contribution in [0.2, 0.25) is 15.1 Å². The molecule has 0 aliphatic carbocycles. The van der Waals surface area contributed by atoms with Crippen LogP contribution in [0.25, 0.3) is 5.69 Å². The fourth-order valence-electron chi connectivity index (χ4n) is 3.04. The summed E-state index contributed by atoms with van der Waals surface area (Å²) < 4.78 is 1.94. The van der Waals surface area contributed by atoms with Crippen LogP contribution in [0.1, 0.15) is 11.4 Å². The van der Waals surface area contributed by atoms with E-state index in [1.54, 1.807) is 18.2 Å². The van der Waals surface area contributed by atoms with Crippen LogP contribution in [-0.2, 0) is 11.2 Å². The second-order valence-electron chi connectivity index (χ2n) is 6.84. The maximum atomic E-state index is 12.5. The lowest BCUT2D eigenvalue weighted by molar-refractivity contribution is -0.113. The Morgan fingerprint density at radius 1 is 0.906 bits per heavy atom. The van der Waals surface area contributed by atoms with E-state index in [4.69, 9.17) is 34.8 Å². The smallest absolute Gasteiger partial charge is 0.234 e. The number of nitrogens with zero attached hydrogens (tertiary/aromatic N) is 3. The highest BCUT2D eigenvalue weighted by Crippen LogP contribution is 2.27. The summed E-state index contributed by atoms with van der Waals surface area (Å²) in [6.45, 7) is 0. The molecule has 1 amide bonds. The second-order valence-corrected chi connectivity index (χ2v) is 9.03. The molecule has 0 unspecified atom stereocenters. The van der Waals surface area contributed by atoms with Gasteiger partial charge in [0.05, 0.1) is 15.8 Å². The summed E-state index contributed by atoms with van der Waals surface area (Å²) in [5.74, 6) is 0.728. The Bertz CT molecular complexity index is 1230. The van der Waals surface area contributed by atoms with Crippen molar-refractivity contribution >= 4 is 58.2 Å². The van der Waals surface area contributed by atoms with Crippen molar-refractivity contribution in [3.63, 3.8) is 0 Å². The van der Waals surface area contributed by atoms with E-state index in [0.29, 0.717) is 32.3 Å². The highest BCUT2D eigenvalue weighted by molar-refractivity contribution is 7.99. The quantitative estimate of drug-likeness (QED) is 0.291. The zero-order chi connectivity index (χ0) is 22.5. The van der Waals surface area contributed by atoms with Crippen LogP contribution in [0, 0.1) is 0 Å². The molecule has 32 heavy (non-hydrogen) atoms. The first-order valence-electron chi connectivity index (χ1n) is 9.61. The van der Waals surface area contributed by atoms with Gasteiger partial charge in [-0.05, 0) is 48.0 Å². The summed E-state index contributed by atoms with van der Waals surface area (Å²) in [6, 6.07) is 22.4. The first-order chi connectivity index (χ1) is 15.5. The molecule has 0 radical (unpaired) electrons. The molecule has 0 bridgehead atoms. The molecule has 162 valence electrons. The van der Waals surface area contributed by atoms with E-state index in [2.05, 4.69) is 15.5 Å². The lowest BCUT2D eigenvalue weighted by Gasteiger charge is -2.11. The lowest BCUT2D eigenvalue weighted by atomic mass is 10.1. The predicted octanol–water partition coefficient (Wildman–Crippen LogP) is 6.55. The van der Waals surface area contributed by atoms with Gasteiger partial charge in [-0.2, -0.15) is 0 Å². The minimum Gasteiger partial charge on any atom is -0.325 e. The zero-order valence-electron chi connectivity index (χ0n) is 16.6. The van der Waals surface area contributed by atoms with Crippen molar-refractivity contribution in [3.8, 4) is 5.69 Å². The predicted molar refractivity (Wildman–Crippen MR) is 131 cm³/mol. The van der Waals surface area contributed by atoms with E-state index in [-0.39, 0.29) is 11.7 Å². The second kappa shape index (κ2) is 10.4. The van der Waals surface area contributed by atoms with Crippen LogP contribution in [0.3, 0.4) is 0 Å². The van der Waals surface area contributed by atoms with E-state index < -0.39 is 0 Å². The molecular formula is C23H17Cl3N4OS. The fourth-order valence-corrected chi connectivity index (χ4v) is 4.23. The Hall–Kier alpha value is -2.51. The van der Waals surface area contributed by atoms with Gasteiger partial charge in [-0.15, -0.1) is 10.2 Å². The number of thioether (sulfide) groups is 1. The number of carbonyl (C=O) groups excluding carboxylic acids is 1. The molecule has 1 N–H and O–H groups in total. The Morgan fingerprint density at radius 3 is 2.38 bits per heavy atom. The highest BCUT2D eigenvalue weighted by Gasteiger charge is 2.16. The SMILES string of the molecule is O=C(CSc1nnc(Cc2ccccc2)n1-c1ccc(Cl)cc1)Nc1ccc(Cl)c(Cl)c1.